The summed E-state index contributed by atoms with van der Waals surface area (Å²) in [5.41, 5.74) is 1.33. The molecule has 2 unspecified atom stereocenters. The van der Waals surface area contributed by atoms with Crippen molar-refractivity contribution < 1.29 is 0 Å². The molecule has 2 fully saturated rings. The Morgan fingerprint density at radius 3 is 3.00 bits per heavy atom. The number of piperidine rings is 1. The maximum Gasteiger partial charge on any atom is 0.107 e. The van der Waals surface area contributed by atoms with Gasteiger partial charge in [-0.1, -0.05) is 0 Å². The molecule has 2 aliphatic heterocycles. The first kappa shape index (κ1) is 13.4. The van der Waals surface area contributed by atoms with Crippen LogP contribution in [0.3, 0.4) is 0 Å². The normalized spacial score (nSPS) is 26.5. The van der Waals surface area contributed by atoms with Crippen LogP contribution < -0.4 is 0 Å². The highest BCUT2D eigenvalue weighted by Gasteiger charge is 2.38. The molecule has 0 aliphatic carbocycles. The van der Waals surface area contributed by atoms with Gasteiger partial charge in [0.1, 0.15) is 5.01 Å². The molecule has 2 atom stereocenters. The molecule has 0 N–H and O–H groups in total. The van der Waals surface area contributed by atoms with Crippen molar-refractivity contribution in [3.8, 4) is 0 Å². The highest BCUT2D eigenvalue weighted by molar-refractivity contribution is 7.09. The first-order valence-corrected chi connectivity index (χ1v) is 8.46. The van der Waals surface area contributed by atoms with Crippen molar-refractivity contribution in [1.29, 1.82) is 0 Å². The maximum atomic E-state index is 4.42. The third kappa shape index (κ3) is 2.88. The number of fused-ring (bicyclic) bond motifs is 2. The standard InChI is InChI=1S/C15H21N5S/c1-18-6-13(5-17-18)9-20-8-12-4-14(20)10-19(7-12)11-15-16-2-3-21-15/h2-3,5-6,12,14H,4,7-11H2,1H3. The molecule has 2 bridgehead atoms. The van der Waals surface area contributed by atoms with E-state index in [1.54, 1.807) is 11.3 Å². The molecule has 2 saturated heterocycles. The largest absolute Gasteiger partial charge is 0.295 e. The van der Waals surface area contributed by atoms with Gasteiger partial charge in [0.05, 0.1) is 12.7 Å². The van der Waals surface area contributed by atoms with Crippen molar-refractivity contribution in [2.24, 2.45) is 13.0 Å². The molecule has 4 heterocycles. The molecular weight excluding hydrogens is 282 g/mol. The lowest BCUT2D eigenvalue weighted by Gasteiger charge is -2.32. The number of thiazole rings is 1. The Hall–Kier alpha value is -1.24. The summed E-state index contributed by atoms with van der Waals surface area (Å²) >= 11 is 1.77. The van der Waals surface area contributed by atoms with Crippen LogP contribution in [-0.4, -0.2) is 50.2 Å². The molecule has 112 valence electrons. The van der Waals surface area contributed by atoms with Crippen molar-refractivity contribution in [2.75, 3.05) is 19.6 Å². The summed E-state index contributed by atoms with van der Waals surface area (Å²) in [6, 6.07) is 0.698. The fraction of sp³-hybridized carbons (Fsp3) is 0.600. The van der Waals surface area contributed by atoms with E-state index >= 15 is 0 Å². The molecule has 0 radical (unpaired) electrons. The van der Waals surface area contributed by atoms with Crippen molar-refractivity contribution in [3.05, 3.63) is 34.5 Å². The number of rotatable bonds is 4. The average Bonchev–Trinajstić information content (AvgIpc) is 3.14. The Morgan fingerprint density at radius 2 is 2.24 bits per heavy atom. The topological polar surface area (TPSA) is 37.2 Å². The maximum absolute atomic E-state index is 4.42. The Kier molecular flexibility index (Phi) is 3.52. The Labute approximate surface area is 129 Å². The van der Waals surface area contributed by atoms with Crippen LogP contribution in [0.25, 0.3) is 0 Å². The van der Waals surface area contributed by atoms with Gasteiger partial charge in [0.25, 0.3) is 0 Å². The number of hydrogen-bond acceptors (Lipinski definition) is 5. The van der Waals surface area contributed by atoms with Gasteiger partial charge >= 0.3 is 0 Å². The third-order valence-electron chi connectivity index (χ3n) is 4.59. The molecule has 0 spiro atoms. The zero-order chi connectivity index (χ0) is 14.2. The van der Waals surface area contributed by atoms with Gasteiger partial charge in [-0.3, -0.25) is 14.5 Å². The second-order valence-corrected chi connectivity index (χ2v) is 7.31. The van der Waals surface area contributed by atoms with Gasteiger partial charge in [-0.05, 0) is 12.3 Å². The molecule has 0 saturated carbocycles. The van der Waals surface area contributed by atoms with E-state index in [9.17, 15) is 0 Å². The zero-order valence-corrected chi connectivity index (χ0v) is 13.2. The molecule has 2 aromatic rings. The molecule has 5 nitrogen and oxygen atoms in total. The van der Waals surface area contributed by atoms with Gasteiger partial charge in [0, 0.05) is 62.6 Å². The SMILES string of the molecule is Cn1cc(CN2CC3CC2CN(Cc2nccs2)C3)cn1. The number of aromatic nitrogens is 3. The summed E-state index contributed by atoms with van der Waals surface area (Å²) < 4.78 is 1.90. The number of aryl methyl sites for hydroxylation is 1. The van der Waals surface area contributed by atoms with E-state index in [1.165, 1.54) is 36.6 Å². The molecule has 6 heteroatoms. The highest BCUT2D eigenvalue weighted by atomic mass is 32.1. The lowest BCUT2D eigenvalue weighted by molar-refractivity contribution is 0.153. The first-order chi connectivity index (χ1) is 10.3. The van der Waals surface area contributed by atoms with E-state index in [0.29, 0.717) is 6.04 Å². The van der Waals surface area contributed by atoms with Crippen LogP contribution in [0.4, 0.5) is 0 Å². The Balaban J connectivity index is 1.40. The van der Waals surface area contributed by atoms with Gasteiger partial charge in [0.2, 0.25) is 0 Å². The van der Waals surface area contributed by atoms with Gasteiger partial charge in [-0.2, -0.15) is 5.10 Å². The number of nitrogens with zero attached hydrogens (tertiary/aromatic N) is 5. The van der Waals surface area contributed by atoms with Crippen LogP contribution in [0.5, 0.6) is 0 Å². The van der Waals surface area contributed by atoms with E-state index in [2.05, 4.69) is 31.5 Å². The minimum atomic E-state index is 0.698. The van der Waals surface area contributed by atoms with E-state index < -0.39 is 0 Å². The lowest BCUT2D eigenvalue weighted by Crippen LogP contribution is -2.41. The van der Waals surface area contributed by atoms with Crippen molar-refractivity contribution in [3.63, 3.8) is 0 Å². The van der Waals surface area contributed by atoms with E-state index in [-0.39, 0.29) is 0 Å². The summed E-state index contributed by atoms with van der Waals surface area (Å²) in [6.07, 6.45) is 7.40. The average molecular weight is 303 g/mol. The predicted octanol–water partition coefficient (Wildman–Crippen LogP) is 1.58. The summed E-state index contributed by atoms with van der Waals surface area (Å²) in [7, 11) is 1.99. The fourth-order valence-corrected chi connectivity index (χ4v) is 4.44. The van der Waals surface area contributed by atoms with E-state index in [1.807, 2.05) is 24.1 Å². The minimum Gasteiger partial charge on any atom is -0.295 e. The van der Waals surface area contributed by atoms with Crippen molar-refractivity contribution >= 4 is 11.3 Å². The van der Waals surface area contributed by atoms with Crippen LogP contribution in [0.15, 0.2) is 24.0 Å². The second kappa shape index (κ2) is 5.51. The number of hydrogen-bond donors (Lipinski definition) is 0. The van der Waals surface area contributed by atoms with Gasteiger partial charge in [0.15, 0.2) is 0 Å². The van der Waals surface area contributed by atoms with Crippen LogP contribution in [-0.2, 0) is 20.1 Å². The Morgan fingerprint density at radius 1 is 1.29 bits per heavy atom. The van der Waals surface area contributed by atoms with Crippen molar-refractivity contribution in [2.45, 2.75) is 25.6 Å². The van der Waals surface area contributed by atoms with Crippen LogP contribution in [0.2, 0.25) is 0 Å². The Bertz CT molecular complexity index is 593. The van der Waals surface area contributed by atoms with Gasteiger partial charge < -0.3 is 0 Å². The predicted molar refractivity (Wildman–Crippen MR) is 82.9 cm³/mol. The summed E-state index contributed by atoms with van der Waals surface area (Å²) in [5, 5.41) is 7.60. The molecule has 0 amide bonds. The lowest BCUT2D eigenvalue weighted by atomic mass is 10.00. The number of likely N-dealkylation sites (tertiary alicyclic amines) is 2. The monoisotopic (exact) mass is 303 g/mol. The molecule has 2 aromatic heterocycles. The van der Waals surface area contributed by atoms with Crippen LogP contribution in [0.1, 0.15) is 17.0 Å². The zero-order valence-electron chi connectivity index (χ0n) is 12.4. The molecule has 21 heavy (non-hydrogen) atoms. The second-order valence-electron chi connectivity index (χ2n) is 6.33. The van der Waals surface area contributed by atoms with E-state index in [0.717, 1.165) is 19.0 Å². The highest BCUT2D eigenvalue weighted by Crippen LogP contribution is 2.31. The van der Waals surface area contributed by atoms with Gasteiger partial charge in [-0.15, -0.1) is 11.3 Å². The van der Waals surface area contributed by atoms with Crippen LogP contribution >= 0.6 is 11.3 Å². The summed E-state index contributed by atoms with van der Waals surface area (Å²) in [5.74, 6) is 0.820. The first-order valence-electron chi connectivity index (χ1n) is 7.58. The van der Waals surface area contributed by atoms with Crippen molar-refractivity contribution in [1.82, 2.24) is 24.6 Å². The molecule has 2 aliphatic rings. The third-order valence-corrected chi connectivity index (χ3v) is 5.35. The van der Waals surface area contributed by atoms with Gasteiger partial charge in [-0.25, -0.2) is 4.98 Å². The quantitative estimate of drug-likeness (QED) is 0.859. The smallest absolute Gasteiger partial charge is 0.107 e. The minimum absolute atomic E-state index is 0.698. The fourth-order valence-electron chi connectivity index (χ4n) is 3.78. The van der Waals surface area contributed by atoms with E-state index in [4.69, 9.17) is 0 Å². The summed E-state index contributed by atoms with van der Waals surface area (Å²) in [6.45, 7) is 5.69. The molecule has 4 rings (SSSR count). The van der Waals surface area contributed by atoms with Crippen LogP contribution in [0, 0.1) is 5.92 Å². The summed E-state index contributed by atoms with van der Waals surface area (Å²) in [4.78, 5) is 9.65. The molecule has 0 aromatic carbocycles. The molecular formula is C15H21N5S.